The van der Waals surface area contributed by atoms with Crippen LogP contribution in [-0.2, 0) is 16.1 Å². The van der Waals surface area contributed by atoms with Crippen molar-refractivity contribution in [2.24, 2.45) is 0 Å². The number of carbonyl (C=O) groups is 1. The van der Waals surface area contributed by atoms with Gasteiger partial charge in [0.2, 0.25) is 0 Å². The lowest BCUT2D eigenvalue weighted by molar-refractivity contribution is -0.0262. The fourth-order valence-electron chi connectivity index (χ4n) is 5.50. The van der Waals surface area contributed by atoms with Crippen LogP contribution in [0, 0.1) is 0 Å². The lowest BCUT2D eigenvalue weighted by Gasteiger charge is -2.32. The van der Waals surface area contributed by atoms with E-state index in [0.717, 1.165) is 5.56 Å². The molecule has 38 heavy (non-hydrogen) atoms. The van der Waals surface area contributed by atoms with Gasteiger partial charge in [0.05, 0.1) is 18.2 Å². The van der Waals surface area contributed by atoms with E-state index >= 15 is 0 Å². The van der Waals surface area contributed by atoms with Crippen molar-refractivity contribution in [3.05, 3.63) is 82.9 Å². The molecule has 1 heterocycles. The molecule has 1 amide bonds. The van der Waals surface area contributed by atoms with Gasteiger partial charge in [-0.2, -0.15) is 0 Å². The first-order valence-corrected chi connectivity index (χ1v) is 14.2. The van der Waals surface area contributed by atoms with Crippen LogP contribution < -0.4 is 0 Å². The minimum atomic E-state index is -0.956. The molecule has 5 nitrogen and oxygen atoms in total. The molecule has 4 atom stereocenters. The first-order chi connectivity index (χ1) is 18.0. The SMILES string of the molecule is C=CCC[C@H]1[C@@H](O[C@H](C)c2c(C(C)C)cc(C(C)C)cc2C(C)C)CC(O)N1C(=O)OCc1ccccc1. The Morgan fingerprint density at radius 3 is 2.16 bits per heavy atom. The number of hydrogen-bond donors (Lipinski definition) is 1. The monoisotopic (exact) mass is 521 g/mol. The van der Waals surface area contributed by atoms with E-state index < -0.39 is 12.3 Å². The molecule has 1 unspecified atom stereocenters. The average Bonchev–Trinajstić information content (AvgIpc) is 3.19. The molecule has 0 bridgehead atoms. The third kappa shape index (κ3) is 7.06. The molecule has 0 radical (unpaired) electrons. The van der Waals surface area contributed by atoms with Crippen LogP contribution in [0.4, 0.5) is 4.79 Å². The minimum Gasteiger partial charge on any atom is -0.444 e. The van der Waals surface area contributed by atoms with Gasteiger partial charge in [-0.1, -0.05) is 90.1 Å². The number of rotatable bonds is 11. The van der Waals surface area contributed by atoms with Gasteiger partial charge in [0.1, 0.15) is 12.8 Å². The number of benzene rings is 2. The van der Waals surface area contributed by atoms with Crippen molar-refractivity contribution in [2.45, 2.75) is 117 Å². The standard InChI is InChI=1S/C33H47NO4/c1-9-10-16-29-30(19-31(35)34(29)33(36)37-20-25-14-12-11-13-15-25)38-24(8)32-27(22(4)5)17-26(21(2)3)18-28(32)23(6)7/h9,11-15,17-18,21-24,29-31,35H,1,10,16,19-20H2,2-8H3/t24-,29+,30+,31?/m1/s1. The van der Waals surface area contributed by atoms with Gasteiger partial charge < -0.3 is 14.6 Å². The van der Waals surface area contributed by atoms with Gasteiger partial charge in [-0.3, -0.25) is 4.90 Å². The summed E-state index contributed by atoms with van der Waals surface area (Å²) in [5.74, 6) is 1.14. The summed E-state index contributed by atoms with van der Waals surface area (Å²) in [5, 5.41) is 11.0. The Balaban J connectivity index is 1.87. The molecule has 5 heteroatoms. The van der Waals surface area contributed by atoms with Crippen molar-refractivity contribution in [1.29, 1.82) is 0 Å². The molecule has 0 spiro atoms. The Morgan fingerprint density at radius 2 is 1.63 bits per heavy atom. The summed E-state index contributed by atoms with van der Waals surface area (Å²) < 4.78 is 12.4. The second kappa shape index (κ2) is 13.4. The predicted molar refractivity (Wildman–Crippen MR) is 154 cm³/mol. The molecule has 3 rings (SSSR count). The van der Waals surface area contributed by atoms with Crippen molar-refractivity contribution in [2.75, 3.05) is 0 Å². The number of ether oxygens (including phenoxy) is 2. The van der Waals surface area contributed by atoms with Crippen LogP contribution in [0.3, 0.4) is 0 Å². The number of aliphatic hydroxyl groups is 1. The second-order valence-electron chi connectivity index (χ2n) is 11.5. The maximum absolute atomic E-state index is 13.2. The van der Waals surface area contributed by atoms with E-state index in [-0.39, 0.29) is 24.9 Å². The predicted octanol–water partition coefficient (Wildman–Crippen LogP) is 8.20. The molecular formula is C33H47NO4. The summed E-state index contributed by atoms with van der Waals surface area (Å²) in [5.41, 5.74) is 6.12. The maximum Gasteiger partial charge on any atom is 0.412 e. The highest BCUT2D eigenvalue weighted by Gasteiger charge is 2.45. The van der Waals surface area contributed by atoms with Gasteiger partial charge in [0.25, 0.3) is 0 Å². The van der Waals surface area contributed by atoms with Crippen LogP contribution in [0.5, 0.6) is 0 Å². The van der Waals surface area contributed by atoms with E-state index in [0.29, 0.717) is 37.0 Å². The fraction of sp³-hybridized carbons (Fsp3) is 0.545. The largest absolute Gasteiger partial charge is 0.444 e. The Kier molecular flexibility index (Phi) is 10.6. The van der Waals surface area contributed by atoms with Gasteiger partial charge in [-0.15, -0.1) is 6.58 Å². The van der Waals surface area contributed by atoms with Crippen LogP contribution in [0.2, 0.25) is 0 Å². The number of aliphatic hydroxyl groups excluding tert-OH is 1. The first-order valence-electron chi connectivity index (χ1n) is 14.2. The van der Waals surface area contributed by atoms with Gasteiger partial charge in [-0.25, -0.2) is 4.79 Å². The Hall–Kier alpha value is -2.63. The molecule has 1 fully saturated rings. The summed E-state index contributed by atoms with van der Waals surface area (Å²) in [6, 6.07) is 14.0. The van der Waals surface area contributed by atoms with Gasteiger partial charge >= 0.3 is 6.09 Å². The van der Waals surface area contributed by atoms with Crippen molar-refractivity contribution >= 4 is 6.09 Å². The Morgan fingerprint density at radius 1 is 1.03 bits per heavy atom. The summed E-state index contributed by atoms with van der Waals surface area (Å²) >= 11 is 0. The zero-order chi connectivity index (χ0) is 28.0. The number of nitrogens with zero attached hydrogens (tertiary/aromatic N) is 1. The highest BCUT2D eigenvalue weighted by atomic mass is 16.6. The van der Waals surface area contributed by atoms with Crippen LogP contribution in [-0.4, -0.2) is 34.5 Å². The number of carbonyl (C=O) groups excluding carboxylic acids is 1. The summed E-state index contributed by atoms with van der Waals surface area (Å²) in [4.78, 5) is 14.6. The molecule has 1 N–H and O–H groups in total. The highest BCUT2D eigenvalue weighted by Crippen LogP contribution is 2.40. The van der Waals surface area contributed by atoms with E-state index in [9.17, 15) is 9.90 Å². The van der Waals surface area contributed by atoms with E-state index in [2.05, 4.69) is 67.2 Å². The lowest BCUT2D eigenvalue weighted by Crippen LogP contribution is -2.44. The normalized spacial score (nSPS) is 20.4. The molecular weight excluding hydrogens is 474 g/mol. The third-order valence-electron chi connectivity index (χ3n) is 7.60. The maximum atomic E-state index is 13.2. The fourth-order valence-corrected chi connectivity index (χ4v) is 5.50. The minimum absolute atomic E-state index is 0.163. The number of amides is 1. The summed E-state index contributed by atoms with van der Waals surface area (Å²) in [7, 11) is 0. The van der Waals surface area contributed by atoms with Crippen LogP contribution in [0.1, 0.15) is 119 Å². The number of hydrogen-bond acceptors (Lipinski definition) is 4. The first kappa shape index (κ1) is 29.9. The zero-order valence-corrected chi connectivity index (χ0v) is 24.3. The van der Waals surface area contributed by atoms with Crippen molar-refractivity contribution in [3.63, 3.8) is 0 Å². The lowest BCUT2D eigenvalue weighted by atomic mass is 9.82. The zero-order valence-electron chi connectivity index (χ0n) is 24.3. The van der Waals surface area contributed by atoms with E-state index in [1.54, 1.807) is 0 Å². The van der Waals surface area contributed by atoms with E-state index in [1.807, 2.05) is 36.4 Å². The Labute approximate surface area is 229 Å². The van der Waals surface area contributed by atoms with Gasteiger partial charge in [0, 0.05) is 6.42 Å². The van der Waals surface area contributed by atoms with Gasteiger partial charge in [-0.05, 0) is 65.3 Å². The molecule has 0 aromatic heterocycles. The van der Waals surface area contributed by atoms with Crippen LogP contribution in [0.25, 0.3) is 0 Å². The molecule has 2 aromatic carbocycles. The van der Waals surface area contributed by atoms with E-state index in [4.69, 9.17) is 9.47 Å². The molecule has 208 valence electrons. The number of likely N-dealkylation sites (tertiary alicyclic amines) is 1. The van der Waals surface area contributed by atoms with Crippen molar-refractivity contribution in [1.82, 2.24) is 4.90 Å². The molecule has 1 saturated heterocycles. The highest BCUT2D eigenvalue weighted by molar-refractivity contribution is 5.69. The quantitative estimate of drug-likeness (QED) is 0.303. The summed E-state index contributed by atoms with van der Waals surface area (Å²) in [6.45, 7) is 19.5. The smallest absolute Gasteiger partial charge is 0.412 e. The molecule has 2 aromatic rings. The molecule has 0 saturated carbocycles. The van der Waals surface area contributed by atoms with E-state index in [1.165, 1.54) is 27.2 Å². The average molecular weight is 522 g/mol. The molecule has 0 aliphatic carbocycles. The molecule has 1 aliphatic rings. The van der Waals surface area contributed by atoms with Crippen LogP contribution >= 0.6 is 0 Å². The molecule has 1 aliphatic heterocycles. The third-order valence-corrected chi connectivity index (χ3v) is 7.60. The number of allylic oxidation sites excluding steroid dienone is 1. The van der Waals surface area contributed by atoms with Crippen LogP contribution in [0.15, 0.2) is 55.1 Å². The van der Waals surface area contributed by atoms with Gasteiger partial charge in [0.15, 0.2) is 0 Å². The Bertz CT molecular complexity index is 1030. The second-order valence-corrected chi connectivity index (χ2v) is 11.5. The van der Waals surface area contributed by atoms with Crippen molar-refractivity contribution < 1.29 is 19.4 Å². The topological polar surface area (TPSA) is 59.0 Å². The van der Waals surface area contributed by atoms with Crippen molar-refractivity contribution in [3.8, 4) is 0 Å². The summed E-state index contributed by atoms with van der Waals surface area (Å²) in [6.07, 6.45) is 1.60.